The van der Waals surface area contributed by atoms with Crippen LogP contribution in [0.1, 0.15) is 41.8 Å². The molecule has 0 amide bonds. The number of benzene rings is 1. The van der Waals surface area contributed by atoms with Gasteiger partial charge in [-0.3, -0.25) is 4.68 Å². The van der Waals surface area contributed by atoms with Gasteiger partial charge < -0.3 is 5.32 Å². The second kappa shape index (κ2) is 7.18. The summed E-state index contributed by atoms with van der Waals surface area (Å²) < 4.78 is 2.95. The van der Waals surface area contributed by atoms with Crippen LogP contribution < -0.4 is 5.32 Å². The van der Waals surface area contributed by atoms with E-state index in [-0.39, 0.29) is 6.04 Å². The van der Waals surface area contributed by atoms with Crippen molar-refractivity contribution in [1.82, 2.24) is 20.3 Å². The van der Waals surface area contributed by atoms with Gasteiger partial charge in [-0.05, 0) is 43.5 Å². The Kier molecular flexibility index (Phi) is 5.53. The largest absolute Gasteiger partial charge is 0.310 e. The highest BCUT2D eigenvalue weighted by atomic mass is 79.9. The van der Waals surface area contributed by atoms with Crippen LogP contribution in [0.5, 0.6) is 0 Å². The van der Waals surface area contributed by atoms with Gasteiger partial charge in [-0.25, -0.2) is 0 Å². The molecule has 0 radical (unpaired) electrons. The molecule has 5 heteroatoms. The van der Waals surface area contributed by atoms with Crippen LogP contribution in [0.2, 0.25) is 0 Å². The zero-order valence-electron chi connectivity index (χ0n) is 13.2. The molecule has 1 N–H and O–H groups in total. The Morgan fingerprint density at radius 1 is 1.29 bits per heavy atom. The molecule has 114 valence electrons. The van der Waals surface area contributed by atoms with Crippen LogP contribution in [0.25, 0.3) is 0 Å². The molecule has 0 aliphatic carbocycles. The maximum atomic E-state index is 4.22. The quantitative estimate of drug-likeness (QED) is 0.867. The molecule has 0 bridgehead atoms. The van der Waals surface area contributed by atoms with Crippen LogP contribution in [0, 0.1) is 13.8 Å². The molecule has 0 aliphatic heterocycles. The summed E-state index contributed by atoms with van der Waals surface area (Å²) in [6.45, 7) is 7.46. The summed E-state index contributed by atoms with van der Waals surface area (Å²) in [7, 11) is 1.90. The number of aryl methyl sites for hydroxylation is 3. The first-order chi connectivity index (χ1) is 10.0. The van der Waals surface area contributed by atoms with E-state index in [1.165, 1.54) is 21.2 Å². The Bertz CT molecular complexity index is 583. The number of halogens is 1. The average molecular weight is 351 g/mol. The first kappa shape index (κ1) is 16.2. The van der Waals surface area contributed by atoms with E-state index in [2.05, 4.69) is 64.5 Å². The molecule has 1 unspecified atom stereocenters. The van der Waals surface area contributed by atoms with Gasteiger partial charge in [0.1, 0.15) is 0 Å². The molecule has 1 atom stereocenters. The van der Waals surface area contributed by atoms with Crippen LogP contribution in [0.15, 0.2) is 22.8 Å². The maximum Gasteiger partial charge on any atom is 0.0845 e. The molecule has 0 saturated heterocycles. The Balaban J connectivity index is 2.26. The summed E-state index contributed by atoms with van der Waals surface area (Å²) in [6.07, 6.45) is 3.96. The molecule has 0 aliphatic rings. The van der Waals surface area contributed by atoms with Crippen LogP contribution in [-0.4, -0.2) is 21.5 Å². The Hall–Kier alpha value is -1.20. The lowest BCUT2D eigenvalue weighted by Crippen LogP contribution is -2.24. The minimum atomic E-state index is 0.271. The summed E-state index contributed by atoms with van der Waals surface area (Å²) in [5, 5.41) is 11.9. The van der Waals surface area contributed by atoms with E-state index in [1.54, 1.807) is 4.68 Å². The number of nitrogens with one attached hydrogen (secondary N) is 1. The van der Waals surface area contributed by atoms with E-state index in [9.17, 15) is 0 Å². The lowest BCUT2D eigenvalue weighted by atomic mass is 9.98. The number of aromatic nitrogens is 3. The van der Waals surface area contributed by atoms with Crippen LogP contribution in [0.3, 0.4) is 0 Å². The van der Waals surface area contributed by atoms with E-state index in [1.807, 2.05) is 13.2 Å². The van der Waals surface area contributed by atoms with Gasteiger partial charge in [0.2, 0.25) is 0 Å². The molecule has 21 heavy (non-hydrogen) atoms. The molecule has 1 aromatic heterocycles. The normalized spacial score (nSPS) is 12.6. The monoisotopic (exact) mass is 350 g/mol. The van der Waals surface area contributed by atoms with Crippen molar-refractivity contribution in [2.75, 3.05) is 6.54 Å². The van der Waals surface area contributed by atoms with E-state index >= 15 is 0 Å². The van der Waals surface area contributed by atoms with Crippen molar-refractivity contribution in [3.05, 3.63) is 45.2 Å². The number of nitrogens with zero attached hydrogens (tertiary/aromatic N) is 3. The van der Waals surface area contributed by atoms with Crippen molar-refractivity contribution in [2.24, 2.45) is 7.05 Å². The topological polar surface area (TPSA) is 42.7 Å². The third-order valence-corrected chi connectivity index (χ3v) is 4.82. The predicted octanol–water partition coefficient (Wildman–Crippen LogP) is 3.48. The molecule has 2 aromatic rings. The van der Waals surface area contributed by atoms with E-state index in [4.69, 9.17) is 0 Å². The highest BCUT2D eigenvalue weighted by Crippen LogP contribution is 2.27. The summed E-state index contributed by atoms with van der Waals surface area (Å²) in [5.41, 5.74) is 4.87. The smallest absolute Gasteiger partial charge is 0.0845 e. The lowest BCUT2D eigenvalue weighted by Gasteiger charge is -2.20. The van der Waals surface area contributed by atoms with E-state index in [0.717, 1.165) is 25.1 Å². The number of rotatable bonds is 6. The van der Waals surface area contributed by atoms with E-state index in [0.29, 0.717) is 0 Å². The van der Waals surface area contributed by atoms with Crippen LogP contribution in [-0.2, 0) is 13.5 Å². The molecule has 1 heterocycles. The van der Waals surface area contributed by atoms with Crippen molar-refractivity contribution in [3.63, 3.8) is 0 Å². The Morgan fingerprint density at radius 2 is 1.95 bits per heavy atom. The average Bonchev–Trinajstić information content (AvgIpc) is 2.85. The number of hydrogen-bond acceptors (Lipinski definition) is 3. The second-order valence-corrected chi connectivity index (χ2v) is 6.36. The van der Waals surface area contributed by atoms with Crippen molar-refractivity contribution >= 4 is 15.9 Å². The van der Waals surface area contributed by atoms with Gasteiger partial charge >= 0.3 is 0 Å². The summed E-state index contributed by atoms with van der Waals surface area (Å²) in [4.78, 5) is 0. The molecular formula is C16H23BrN4. The number of hydrogen-bond donors (Lipinski definition) is 1. The van der Waals surface area contributed by atoms with E-state index < -0.39 is 0 Å². The Morgan fingerprint density at radius 3 is 2.48 bits per heavy atom. The van der Waals surface area contributed by atoms with Gasteiger partial charge in [-0.2, -0.15) is 0 Å². The van der Waals surface area contributed by atoms with Crippen molar-refractivity contribution in [2.45, 2.75) is 39.7 Å². The molecule has 0 fully saturated rings. The van der Waals surface area contributed by atoms with Crippen LogP contribution >= 0.6 is 15.9 Å². The fourth-order valence-corrected chi connectivity index (χ4v) is 2.73. The van der Waals surface area contributed by atoms with Gasteiger partial charge in [-0.1, -0.05) is 40.2 Å². The van der Waals surface area contributed by atoms with Crippen molar-refractivity contribution in [3.8, 4) is 0 Å². The Labute approximate surface area is 135 Å². The lowest BCUT2D eigenvalue weighted by molar-refractivity contribution is 0.523. The second-order valence-electron chi connectivity index (χ2n) is 5.56. The van der Waals surface area contributed by atoms with Gasteiger partial charge in [0.15, 0.2) is 0 Å². The van der Waals surface area contributed by atoms with Crippen molar-refractivity contribution in [1.29, 1.82) is 0 Å². The standard InChI is InChI=1S/C16H23BrN4/c1-5-6-18-15(9-14-10-21(4)20-19-14)13-7-11(2)16(17)12(3)8-13/h7-8,10,15,18H,5-6,9H2,1-4H3. The molecular weight excluding hydrogens is 328 g/mol. The van der Waals surface area contributed by atoms with Crippen molar-refractivity contribution < 1.29 is 0 Å². The summed E-state index contributed by atoms with van der Waals surface area (Å²) in [6, 6.07) is 4.77. The fraction of sp³-hybridized carbons (Fsp3) is 0.500. The molecule has 2 rings (SSSR count). The third-order valence-electron chi connectivity index (χ3n) is 3.57. The summed E-state index contributed by atoms with van der Waals surface area (Å²) in [5.74, 6) is 0. The van der Waals surface area contributed by atoms with Gasteiger partial charge in [0.05, 0.1) is 5.69 Å². The van der Waals surface area contributed by atoms with Gasteiger partial charge in [0.25, 0.3) is 0 Å². The minimum absolute atomic E-state index is 0.271. The van der Waals surface area contributed by atoms with Crippen LogP contribution in [0.4, 0.5) is 0 Å². The highest BCUT2D eigenvalue weighted by Gasteiger charge is 2.15. The fourth-order valence-electron chi connectivity index (χ4n) is 2.50. The molecule has 0 spiro atoms. The summed E-state index contributed by atoms with van der Waals surface area (Å²) >= 11 is 3.64. The third kappa shape index (κ3) is 4.14. The zero-order valence-corrected chi connectivity index (χ0v) is 14.7. The predicted molar refractivity (Wildman–Crippen MR) is 89.4 cm³/mol. The molecule has 4 nitrogen and oxygen atoms in total. The minimum Gasteiger partial charge on any atom is -0.310 e. The zero-order chi connectivity index (χ0) is 15.4. The molecule has 1 aromatic carbocycles. The molecule has 0 saturated carbocycles. The van der Waals surface area contributed by atoms with Gasteiger partial charge in [-0.15, -0.1) is 5.10 Å². The highest BCUT2D eigenvalue weighted by molar-refractivity contribution is 9.10. The van der Waals surface area contributed by atoms with Gasteiger partial charge in [0, 0.05) is 30.2 Å². The first-order valence-corrected chi connectivity index (χ1v) is 8.15. The SMILES string of the molecule is CCCNC(Cc1cn(C)nn1)c1cc(C)c(Br)c(C)c1. The maximum absolute atomic E-state index is 4.22. The first-order valence-electron chi connectivity index (χ1n) is 7.36.